The molecule has 0 aromatic carbocycles. The summed E-state index contributed by atoms with van der Waals surface area (Å²) in [5.74, 6) is 0.724. The summed E-state index contributed by atoms with van der Waals surface area (Å²) in [5.41, 5.74) is 0.389. The molecule has 1 rings (SSSR count). The smallest absolute Gasteiger partial charge is 0.0587 e. The van der Waals surface area contributed by atoms with Crippen LogP contribution in [-0.4, -0.2) is 25.3 Å². The predicted octanol–water partition coefficient (Wildman–Crippen LogP) is 3.22. The van der Waals surface area contributed by atoms with Crippen LogP contribution in [-0.2, 0) is 4.74 Å². The number of rotatable bonds is 5. The van der Waals surface area contributed by atoms with E-state index in [9.17, 15) is 0 Å². The van der Waals surface area contributed by atoms with Gasteiger partial charge in [0.2, 0.25) is 0 Å². The van der Waals surface area contributed by atoms with Crippen LogP contribution in [0.2, 0.25) is 0 Å². The van der Waals surface area contributed by atoms with Crippen molar-refractivity contribution in [2.45, 2.75) is 66.0 Å². The Morgan fingerprint density at radius 1 is 1.38 bits per heavy atom. The molecule has 96 valence electrons. The highest BCUT2D eigenvalue weighted by Gasteiger charge is 2.26. The lowest BCUT2D eigenvalue weighted by molar-refractivity contribution is -0.00214. The van der Waals surface area contributed by atoms with E-state index in [1.807, 2.05) is 0 Å². The van der Waals surface area contributed by atoms with Crippen LogP contribution in [0.15, 0.2) is 0 Å². The van der Waals surface area contributed by atoms with Crippen LogP contribution in [0.4, 0.5) is 0 Å². The quantitative estimate of drug-likeness (QED) is 0.778. The normalized spacial score (nSPS) is 27.4. The Hall–Kier alpha value is -0.0800. The number of ether oxygens (including phenoxy) is 1. The van der Waals surface area contributed by atoms with Crippen LogP contribution >= 0.6 is 0 Å². The van der Waals surface area contributed by atoms with Gasteiger partial charge in [0, 0.05) is 19.2 Å². The molecule has 2 heteroatoms. The van der Waals surface area contributed by atoms with Gasteiger partial charge in [-0.15, -0.1) is 0 Å². The number of nitrogens with one attached hydrogen (secondary N) is 1. The van der Waals surface area contributed by atoms with Gasteiger partial charge in [0.05, 0.1) is 6.10 Å². The molecule has 1 N–H and O–H groups in total. The second-order valence-corrected chi connectivity index (χ2v) is 6.15. The average Bonchev–Trinajstić information content (AvgIpc) is 2.26. The summed E-state index contributed by atoms with van der Waals surface area (Å²) >= 11 is 0. The van der Waals surface area contributed by atoms with E-state index in [0.717, 1.165) is 25.5 Å². The van der Waals surface area contributed by atoms with Crippen molar-refractivity contribution in [2.24, 2.45) is 11.3 Å². The third kappa shape index (κ3) is 4.06. The van der Waals surface area contributed by atoms with Gasteiger partial charge < -0.3 is 10.1 Å². The SMILES string of the molecule is CCC1CC(NCC(C)(C)C(C)C)CCO1. The van der Waals surface area contributed by atoms with Crippen LogP contribution in [0.1, 0.15) is 53.9 Å². The molecule has 2 nitrogen and oxygen atoms in total. The van der Waals surface area contributed by atoms with Crippen LogP contribution in [0, 0.1) is 11.3 Å². The minimum Gasteiger partial charge on any atom is -0.378 e. The summed E-state index contributed by atoms with van der Waals surface area (Å²) in [4.78, 5) is 0. The maximum Gasteiger partial charge on any atom is 0.0587 e. The Morgan fingerprint density at radius 2 is 2.06 bits per heavy atom. The molecule has 16 heavy (non-hydrogen) atoms. The fraction of sp³-hybridized carbons (Fsp3) is 1.00. The van der Waals surface area contributed by atoms with Gasteiger partial charge in [-0.1, -0.05) is 34.6 Å². The average molecular weight is 227 g/mol. The molecule has 1 heterocycles. The highest BCUT2D eigenvalue weighted by atomic mass is 16.5. The highest BCUT2D eigenvalue weighted by Crippen LogP contribution is 2.26. The van der Waals surface area contributed by atoms with Crippen LogP contribution in [0.5, 0.6) is 0 Å². The molecule has 0 aliphatic carbocycles. The topological polar surface area (TPSA) is 21.3 Å². The van der Waals surface area contributed by atoms with E-state index < -0.39 is 0 Å². The van der Waals surface area contributed by atoms with Crippen molar-refractivity contribution in [3.8, 4) is 0 Å². The molecular weight excluding hydrogens is 198 g/mol. The van der Waals surface area contributed by atoms with Crippen molar-refractivity contribution >= 4 is 0 Å². The zero-order valence-corrected chi connectivity index (χ0v) is 11.7. The van der Waals surface area contributed by atoms with Crippen molar-refractivity contribution < 1.29 is 4.74 Å². The van der Waals surface area contributed by atoms with E-state index >= 15 is 0 Å². The van der Waals surface area contributed by atoms with Gasteiger partial charge in [0.25, 0.3) is 0 Å². The first-order valence-electron chi connectivity index (χ1n) is 6.80. The number of hydrogen-bond donors (Lipinski definition) is 1. The van der Waals surface area contributed by atoms with E-state index in [1.54, 1.807) is 0 Å². The second kappa shape index (κ2) is 6.02. The zero-order chi connectivity index (χ0) is 12.2. The zero-order valence-electron chi connectivity index (χ0n) is 11.7. The second-order valence-electron chi connectivity index (χ2n) is 6.15. The molecule has 0 spiro atoms. The fourth-order valence-corrected chi connectivity index (χ4v) is 1.96. The summed E-state index contributed by atoms with van der Waals surface area (Å²) in [6.07, 6.45) is 3.98. The molecule has 0 radical (unpaired) electrons. The molecule has 1 fully saturated rings. The van der Waals surface area contributed by atoms with Crippen molar-refractivity contribution in [3.05, 3.63) is 0 Å². The predicted molar refractivity (Wildman–Crippen MR) is 69.7 cm³/mol. The van der Waals surface area contributed by atoms with E-state index in [-0.39, 0.29) is 0 Å². The maximum atomic E-state index is 5.70. The minimum absolute atomic E-state index is 0.389. The summed E-state index contributed by atoms with van der Waals surface area (Å²) in [7, 11) is 0. The lowest BCUT2D eigenvalue weighted by atomic mass is 9.81. The molecular formula is C14H29NO. The van der Waals surface area contributed by atoms with Gasteiger partial charge in [-0.05, 0) is 30.6 Å². The van der Waals surface area contributed by atoms with E-state index in [0.29, 0.717) is 17.6 Å². The Morgan fingerprint density at radius 3 is 2.62 bits per heavy atom. The van der Waals surface area contributed by atoms with Crippen molar-refractivity contribution in [1.29, 1.82) is 0 Å². The van der Waals surface area contributed by atoms with Crippen molar-refractivity contribution in [2.75, 3.05) is 13.2 Å². The molecule has 2 atom stereocenters. The Balaban J connectivity index is 2.32. The van der Waals surface area contributed by atoms with Crippen molar-refractivity contribution in [3.63, 3.8) is 0 Å². The lowest BCUT2D eigenvalue weighted by Crippen LogP contribution is -2.44. The van der Waals surface area contributed by atoms with Gasteiger partial charge in [-0.25, -0.2) is 0 Å². The first-order valence-corrected chi connectivity index (χ1v) is 6.80. The van der Waals surface area contributed by atoms with Gasteiger partial charge in [-0.2, -0.15) is 0 Å². The molecule has 2 unspecified atom stereocenters. The molecule has 1 aliphatic heterocycles. The van der Waals surface area contributed by atoms with Gasteiger partial charge in [-0.3, -0.25) is 0 Å². The summed E-state index contributed by atoms with van der Waals surface area (Å²) in [5, 5.41) is 3.73. The first-order chi connectivity index (χ1) is 7.45. The van der Waals surface area contributed by atoms with Gasteiger partial charge in [0.1, 0.15) is 0 Å². The van der Waals surface area contributed by atoms with Crippen LogP contribution < -0.4 is 5.32 Å². The van der Waals surface area contributed by atoms with Gasteiger partial charge >= 0.3 is 0 Å². The molecule has 0 aromatic rings. The Labute approximate surface area is 101 Å². The third-order valence-corrected chi connectivity index (χ3v) is 4.23. The van der Waals surface area contributed by atoms with Crippen molar-refractivity contribution in [1.82, 2.24) is 5.32 Å². The van der Waals surface area contributed by atoms with Gasteiger partial charge in [0.15, 0.2) is 0 Å². The molecule has 1 saturated heterocycles. The third-order valence-electron chi connectivity index (χ3n) is 4.23. The van der Waals surface area contributed by atoms with Crippen LogP contribution in [0.3, 0.4) is 0 Å². The molecule has 1 aliphatic rings. The molecule has 0 aromatic heterocycles. The maximum absolute atomic E-state index is 5.70. The lowest BCUT2D eigenvalue weighted by Gasteiger charge is -2.35. The number of hydrogen-bond acceptors (Lipinski definition) is 2. The highest BCUT2D eigenvalue weighted by molar-refractivity contribution is 4.81. The molecule has 0 saturated carbocycles. The van der Waals surface area contributed by atoms with E-state index in [1.165, 1.54) is 12.8 Å². The summed E-state index contributed by atoms with van der Waals surface area (Å²) < 4.78 is 5.70. The summed E-state index contributed by atoms with van der Waals surface area (Å²) in [6.45, 7) is 13.6. The minimum atomic E-state index is 0.389. The molecule has 0 amide bonds. The van der Waals surface area contributed by atoms with E-state index in [2.05, 4.69) is 39.9 Å². The largest absolute Gasteiger partial charge is 0.378 e. The summed E-state index contributed by atoms with van der Waals surface area (Å²) in [6, 6.07) is 0.664. The standard InChI is InChI=1S/C14H29NO/c1-6-13-9-12(7-8-16-13)15-10-14(4,5)11(2)3/h11-13,15H,6-10H2,1-5H3. The molecule has 0 bridgehead atoms. The Kier molecular flexibility index (Phi) is 5.26. The first kappa shape index (κ1) is 14.0. The monoisotopic (exact) mass is 227 g/mol. The fourth-order valence-electron chi connectivity index (χ4n) is 1.96. The van der Waals surface area contributed by atoms with E-state index in [4.69, 9.17) is 4.74 Å². The van der Waals surface area contributed by atoms with Crippen LogP contribution in [0.25, 0.3) is 0 Å². The Bertz CT molecular complexity index is 201.